The molecule has 2 N–H and O–H groups in total. The first-order valence-electron chi connectivity index (χ1n) is 4.92. The highest BCUT2D eigenvalue weighted by Gasteiger charge is 2.08. The summed E-state index contributed by atoms with van der Waals surface area (Å²) >= 11 is 0. The lowest BCUT2D eigenvalue weighted by Crippen LogP contribution is -2.28. The van der Waals surface area contributed by atoms with E-state index in [2.05, 4.69) is 15.0 Å². The highest BCUT2D eigenvalue weighted by molar-refractivity contribution is 5.72. The molecule has 0 spiro atoms. The van der Waals surface area contributed by atoms with Gasteiger partial charge in [0.2, 0.25) is 0 Å². The first-order chi connectivity index (χ1) is 8.13. The van der Waals surface area contributed by atoms with Crippen molar-refractivity contribution in [3.63, 3.8) is 0 Å². The number of aldehydes is 1. The van der Waals surface area contributed by atoms with E-state index in [0.29, 0.717) is 5.82 Å². The standard InChI is InChI=1S/C10H10N4O3/c1-14-8-7(9(16)13-10(14)17)11-6(12-8)4-2-3-5-15/h2,4-5H,3H2,1H3,(H,11,12)(H,13,16,17). The quantitative estimate of drug-likeness (QED) is 0.702. The summed E-state index contributed by atoms with van der Waals surface area (Å²) in [6.07, 6.45) is 4.21. The Balaban J connectivity index is 2.61. The topological polar surface area (TPSA) is 101 Å². The first-order valence-corrected chi connectivity index (χ1v) is 4.92. The number of nitrogens with one attached hydrogen (secondary N) is 2. The summed E-state index contributed by atoms with van der Waals surface area (Å²) in [7, 11) is 1.51. The van der Waals surface area contributed by atoms with Crippen LogP contribution in [0.3, 0.4) is 0 Å². The minimum atomic E-state index is -0.516. The molecule has 0 radical (unpaired) electrons. The fourth-order valence-electron chi connectivity index (χ4n) is 1.44. The summed E-state index contributed by atoms with van der Waals surface area (Å²) in [5.74, 6) is 0.425. The molecule has 0 saturated carbocycles. The van der Waals surface area contributed by atoms with Crippen molar-refractivity contribution in [1.82, 2.24) is 19.5 Å². The van der Waals surface area contributed by atoms with Crippen LogP contribution in [-0.2, 0) is 11.8 Å². The van der Waals surface area contributed by atoms with Gasteiger partial charge in [-0.05, 0) is 6.08 Å². The van der Waals surface area contributed by atoms with E-state index >= 15 is 0 Å². The van der Waals surface area contributed by atoms with Crippen molar-refractivity contribution in [3.8, 4) is 0 Å². The van der Waals surface area contributed by atoms with Crippen LogP contribution in [0.15, 0.2) is 15.7 Å². The van der Waals surface area contributed by atoms with Gasteiger partial charge in [-0.1, -0.05) is 6.08 Å². The largest absolute Gasteiger partial charge is 0.333 e. The van der Waals surface area contributed by atoms with Crippen molar-refractivity contribution < 1.29 is 4.79 Å². The van der Waals surface area contributed by atoms with E-state index < -0.39 is 11.2 Å². The molecular formula is C10H10N4O3. The van der Waals surface area contributed by atoms with Crippen molar-refractivity contribution >= 4 is 23.5 Å². The van der Waals surface area contributed by atoms with Crippen LogP contribution in [-0.4, -0.2) is 25.8 Å². The lowest BCUT2D eigenvalue weighted by Gasteiger charge is -1.94. The number of nitrogens with zero attached hydrogens (tertiary/aromatic N) is 2. The monoisotopic (exact) mass is 234 g/mol. The zero-order valence-electron chi connectivity index (χ0n) is 9.06. The summed E-state index contributed by atoms with van der Waals surface area (Å²) in [5, 5.41) is 0. The van der Waals surface area contributed by atoms with Crippen LogP contribution in [0.2, 0.25) is 0 Å². The van der Waals surface area contributed by atoms with E-state index in [1.807, 2.05) is 0 Å². The van der Waals surface area contributed by atoms with Gasteiger partial charge in [-0.15, -0.1) is 0 Å². The third kappa shape index (κ3) is 1.94. The molecule has 2 aromatic heterocycles. The van der Waals surface area contributed by atoms with Crippen LogP contribution >= 0.6 is 0 Å². The van der Waals surface area contributed by atoms with Crippen LogP contribution in [0.1, 0.15) is 12.2 Å². The molecule has 88 valence electrons. The van der Waals surface area contributed by atoms with Gasteiger partial charge in [0.05, 0.1) is 0 Å². The smallest absolute Gasteiger partial charge is 0.329 e. The SMILES string of the molecule is Cn1c(=O)[nH]c(=O)c2[nH]c(C=CCC=O)nc21. The molecular weight excluding hydrogens is 224 g/mol. The lowest BCUT2D eigenvalue weighted by molar-refractivity contribution is -0.107. The Kier molecular flexibility index (Phi) is 2.73. The maximum Gasteiger partial charge on any atom is 0.329 e. The molecule has 0 saturated heterocycles. The number of fused-ring (bicyclic) bond motifs is 1. The summed E-state index contributed by atoms with van der Waals surface area (Å²) in [4.78, 5) is 42.0. The van der Waals surface area contributed by atoms with Gasteiger partial charge in [0, 0.05) is 13.5 Å². The number of aromatic amines is 2. The lowest BCUT2D eigenvalue weighted by atomic mass is 10.4. The fourth-order valence-corrected chi connectivity index (χ4v) is 1.44. The molecule has 2 aromatic rings. The number of carbonyl (C=O) groups is 1. The molecule has 0 fully saturated rings. The van der Waals surface area contributed by atoms with Crippen molar-refractivity contribution in [2.24, 2.45) is 7.05 Å². The maximum absolute atomic E-state index is 11.5. The fraction of sp³-hybridized carbons (Fsp3) is 0.200. The van der Waals surface area contributed by atoms with Gasteiger partial charge < -0.3 is 9.78 Å². The number of aryl methyl sites for hydroxylation is 1. The number of hydrogen-bond acceptors (Lipinski definition) is 4. The molecule has 0 atom stereocenters. The molecule has 2 rings (SSSR count). The summed E-state index contributed by atoms with van der Waals surface area (Å²) in [6.45, 7) is 0. The van der Waals surface area contributed by atoms with Gasteiger partial charge in [0.15, 0.2) is 5.65 Å². The van der Waals surface area contributed by atoms with Gasteiger partial charge in [-0.25, -0.2) is 9.78 Å². The molecule has 7 heteroatoms. The van der Waals surface area contributed by atoms with Crippen molar-refractivity contribution in [2.45, 2.75) is 6.42 Å². The van der Waals surface area contributed by atoms with Crippen molar-refractivity contribution in [2.75, 3.05) is 0 Å². The summed E-state index contributed by atoms with van der Waals surface area (Å²) in [6, 6.07) is 0. The number of carbonyl (C=O) groups excluding carboxylic acids is 1. The molecule has 0 amide bonds. The summed E-state index contributed by atoms with van der Waals surface area (Å²) in [5.41, 5.74) is -0.509. The highest BCUT2D eigenvalue weighted by atomic mass is 16.2. The van der Waals surface area contributed by atoms with Crippen molar-refractivity contribution in [3.05, 3.63) is 32.7 Å². The molecule has 0 bridgehead atoms. The van der Waals surface area contributed by atoms with Crippen LogP contribution in [0.4, 0.5) is 0 Å². The number of H-pyrrole nitrogens is 2. The molecule has 0 aliphatic rings. The van der Waals surface area contributed by atoms with E-state index in [1.54, 1.807) is 12.2 Å². The van der Waals surface area contributed by atoms with Gasteiger partial charge in [0.25, 0.3) is 5.56 Å². The second-order valence-electron chi connectivity index (χ2n) is 3.44. The minimum Gasteiger partial charge on any atom is -0.333 e. The Hall–Kier alpha value is -2.44. The van der Waals surface area contributed by atoms with Gasteiger partial charge >= 0.3 is 5.69 Å². The van der Waals surface area contributed by atoms with Crippen LogP contribution in [0, 0.1) is 0 Å². The second kappa shape index (κ2) is 4.20. The third-order valence-electron chi connectivity index (χ3n) is 2.28. The van der Waals surface area contributed by atoms with Crippen LogP contribution < -0.4 is 11.2 Å². The van der Waals surface area contributed by atoms with E-state index in [0.717, 1.165) is 6.29 Å². The predicted molar refractivity (Wildman–Crippen MR) is 61.7 cm³/mol. The number of allylic oxidation sites excluding steroid dienone is 1. The van der Waals surface area contributed by atoms with E-state index in [9.17, 15) is 14.4 Å². The number of hydrogen-bond donors (Lipinski definition) is 2. The number of rotatable bonds is 3. The number of aromatic nitrogens is 4. The molecule has 0 aromatic carbocycles. The van der Waals surface area contributed by atoms with Gasteiger partial charge in [-0.2, -0.15) is 0 Å². The molecule has 0 aliphatic carbocycles. The molecule has 0 unspecified atom stereocenters. The van der Waals surface area contributed by atoms with E-state index in [4.69, 9.17) is 0 Å². The Morgan fingerprint density at radius 1 is 1.35 bits per heavy atom. The average molecular weight is 234 g/mol. The number of imidazole rings is 1. The molecule has 0 aliphatic heterocycles. The molecule has 17 heavy (non-hydrogen) atoms. The zero-order valence-corrected chi connectivity index (χ0v) is 9.06. The van der Waals surface area contributed by atoms with E-state index in [1.165, 1.54) is 11.6 Å². The molecule has 7 nitrogen and oxygen atoms in total. The molecule has 2 heterocycles. The van der Waals surface area contributed by atoms with Crippen LogP contribution in [0.5, 0.6) is 0 Å². The zero-order chi connectivity index (χ0) is 12.4. The van der Waals surface area contributed by atoms with Crippen LogP contribution in [0.25, 0.3) is 17.2 Å². The minimum absolute atomic E-state index is 0.234. The second-order valence-corrected chi connectivity index (χ2v) is 3.44. The predicted octanol–water partition coefficient (Wildman–Crippen LogP) is -0.448. The normalized spacial score (nSPS) is 11.4. The Morgan fingerprint density at radius 2 is 2.12 bits per heavy atom. The van der Waals surface area contributed by atoms with E-state index in [-0.39, 0.29) is 17.6 Å². The Morgan fingerprint density at radius 3 is 2.82 bits per heavy atom. The van der Waals surface area contributed by atoms with Gasteiger partial charge in [-0.3, -0.25) is 14.3 Å². The Bertz CT molecular complexity index is 704. The van der Waals surface area contributed by atoms with Crippen molar-refractivity contribution in [1.29, 1.82) is 0 Å². The maximum atomic E-state index is 11.5. The first kappa shape index (κ1) is 11.1. The highest BCUT2D eigenvalue weighted by Crippen LogP contribution is 2.05. The summed E-state index contributed by atoms with van der Waals surface area (Å²) < 4.78 is 1.24. The third-order valence-corrected chi connectivity index (χ3v) is 2.28. The Labute approximate surface area is 94.8 Å². The van der Waals surface area contributed by atoms with Gasteiger partial charge in [0.1, 0.15) is 17.6 Å². The average Bonchev–Trinajstić information content (AvgIpc) is 2.71.